The van der Waals surface area contributed by atoms with Crippen LogP contribution in [-0.4, -0.2) is 15.4 Å². The molecule has 135 valence electrons. The van der Waals surface area contributed by atoms with Crippen molar-refractivity contribution >= 4 is 8.80 Å². The molecule has 1 nitrogen and oxygen atoms in total. The van der Waals surface area contributed by atoms with E-state index in [-0.39, 0.29) is 14.5 Å². The molecule has 0 amide bonds. The van der Waals surface area contributed by atoms with E-state index in [0.29, 0.717) is 24.5 Å². The van der Waals surface area contributed by atoms with Gasteiger partial charge < -0.3 is 4.74 Å². The summed E-state index contributed by atoms with van der Waals surface area (Å²) >= 11 is 0. The van der Waals surface area contributed by atoms with E-state index < -0.39 is 11.6 Å². The van der Waals surface area contributed by atoms with Gasteiger partial charge in [-0.2, -0.15) is 4.39 Å². The summed E-state index contributed by atoms with van der Waals surface area (Å²) in [5.41, 5.74) is 0.495. The van der Waals surface area contributed by atoms with Gasteiger partial charge in [0.15, 0.2) is 11.6 Å². The number of unbranched alkanes of at least 4 members (excludes halogenated alkanes) is 2. The summed E-state index contributed by atoms with van der Waals surface area (Å²) in [5, 5.41) is 0. The molecule has 0 spiro atoms. The van der Waals surface area contributed by atoms with Gasteiger partial charge in [-0.3, -0.25) is 0 Å². The number of hydrogen-bond donors (Lipinski definition) is 0. The molecule has 1 heterocycles. The highest BCUT2D eigenvalue weighted by atomic mass is 28.3. The van der Waals surface area contributed by atoms with Crippen LogP contribution in [0.3, 0.4) is 0 Å². The van der Waals surface area contributed by atoms with Gasteiger partial charge in [-0.25, -0.2) is 4.39 Å². The predicted molar refractivity (Wildman–Crippen MR) is 98.3 cm³/mol. The van der Waals surface area contributed by atoms with Crippen LogP contribution in [0.4, 0.5) is 8.78 Å². The Morgan fingerprint density at radius 2 is 1.83 bits per heavy atom. The van der Waals surface area contributed by atoms with Crippen molar-refractivity contribution in [3.8, 4) is 5.75 Å². The van der Waals surface area contributed by atoms with Gasteiger partial charge in [0, 0.05) is 8.80 Å². The minimum Gasteiger partial charge on any atom is -0.491 e. The first-order chi connectivity index (χ1) is 11.7. The second kappa shape index (κ2) is 10.2. The van der Waals surface area contributed by atoms with Gasteiger partial charge in [0.05, 0.1) is 6.61 Å². The van der Waals surface area contributed by atoms with Crippen LogP contribution in [0.5, 0.6) is 5.75 Å². The highest BCUT2D eigenvalue weighted by Crippen LogP contribution is 2.32. The molecule has 0 atom stereocenters. The Balaban J connectivity index is 1.77. The lowest BCUT2D eigenvalue weighted by atomic mass is 9.94. The van der Waals surface area contributed by atoms with E-state index in [1.807, 2.05) is 0 Å². The van der Waals surface area contributed by atoms with Gasteiger partial charge in [-0.05, 0) is 37.3 Å². The Morgan fingerprint density at radius 1 is 1.08 bits per heavy atom. The molecule has 0 saturated carbocycles. The molecule has 1 aromatic rings. The van der Waals surface area contributed by atoms with E-state index in [2.05, 4.69) is 6.92 Å². The number of ether oxygens (including phenoxy) is 1. The summed E-state index contributed by atoms with van der Waals surface area (Å²) in [6.45, 7) is 4.38. The Bertz CT molecular complexity index is 499. The fourth-order valence-corrected chi connectivity index (χ4v) is 6.77. The quantitative estimate of drug-likeness (QED) is 0.369. The van der Waals surface area contributed by atoms with Crippen molar-refractivity contribution in [1.29, 1.82) is 0 Å². The summed E-state index contributed by atoms with van der Waals surface area (Å²) < 4.78 is 33.1. The van der Waals surface area contributed by atoms with Crippen molar-refractivity contribution < 1.29 is 13.5 Å². The van der Waals surface area contributed by atoms with Crippen LogP contribution in [0, 0.1) is 17.6 Å². The monoisotopic (exact) mass is 353 g/mol. The lowest BCUT2D eigenvalue weighted by molar-refractivity contribution is 0.313. The molecule has 0 bridgehead atoms. The molecule has 1 aromatic carbocycles. The maximum atomic E-state index is 14.1. The molecule has 0 aromatic heterocycles. The highest BCUT2D eigenvalue weighted by Gasteiger charge is 2.23. The van der Waals surface area contributed by atoms with Crippen molar-refractivity contribution in [2.75, 3.05) is 6.61 Å². The standard InChI is InChI=1S/C20H31F2OSi/c1-3-5-6-13-24-14-11-16(12-15-24)7-8-17-9-10-18(23-4-2)20(22)19(17)21/h9-10,16H,3-8,11-15H2,1-2H3. The average molecular weight is 354 g/mol. The number of rotatable bonds is 9. The van der Waals surface area contributed by atoms with Crippen LogP contribution in [0.15, 0.2) is 12.1 Å². The molecule has 0 unspecified atom stereocenters. The lowest BCUT2D eigenvalue weighted by Gasteiger charge is -2.27. The Kier molecular flexibility index (Phi) is 8.23. The molecular weight excluding hydrogens is 322 g/mol. The molecule has 4 heteroatoms. The van der Waals surface area contributed by atoms with E-state index in [4.69, 9.17) is 4.74 Å². The molecule has 1 aliphatic heterocycles. The zero-order chi connectivity index (χ0) is 17.4. The van der Waals surface area contributed by atoms with Crippen molar-refractivity contribution in [3.63, 3.8) is 0 Å². The van der Waals surface area contributed by atoms with Gasteiger partial charge in [0.1, 0.15) is 0 Å². The van der Waals surface area contributed by atoms with E-state index in [0.717, 1.165) is 6.42 Å². The summed E-state index contributed by atoms with van der Waals surface area (Å²) in [6.07, 6.45) is 8.30. The predicted octanol–water partition coefficient (Wildman–Crippen LogP) is 6.39. The SMILES string of the molecule is CCCCC[Si]1CCC(CCc2ccc(OCC)c(F)c2F)CC1. The third kappa shape index (κ3) is 5.57. The average Bonchev–Trinajstić information content (AvgIpc) is 2.60. The molecule has 1 fully saturated rings. The third-order valence-electron chi connectivity index (χ3n) is 5.19. The molecular formula is C20H31F2OSi. The smallest absolute Gasteiger partial charge is 0.200 e. The minimum absolute atomic E-state index is 0.0238. The fourth-order valence-electron chi connectivity index (χ4n) is 3.64. The van der Waals surface area contributed by atoms with Crippen LogP contribution in [-0.2, 0) is 6.42 Å². The molecule has 24 heavy (non-hydrogen) atoms. The van der Waals surface area contributed by atoms with Crippen LogP contribution < -0.4 is 4.74 Å². The highest BCUT2D eigenvalue weighted by molar-refractivity contribution is 6.58. The first kappa shape index (κ1) is 19.4. The second-order valence-corrected chi connectivity index (χ2v) is 9.97. The molecule has 0 aliphatic carbocycles. The largest absolute Gasteiger partial charge is 0.491 e. The summed E-state index contributed by atoms with van der Waals surface area (Å²) in [5.74, 6) is -0.838. The van der Waals surface area contributed by atoms with E-state index in [1.54, 1.807) is 19.1 Å². The minimum atomic E-state index is -0.834. The van der Waals surface area contributed by atoms with Gasteiger partial charge in [0.2, 0.25) is 5.82 Å². The van der Waals surface area contributed by atoms with Gasteiger partial charge in [-0.15, -0.1) is 0 Å². The Morgan fingerprint density at radius 3 is 2.50 bits per heavy atom. The molecule has 1 saturated heterocycles. The van der Waals surface area contributed by atoms with Gasteiger partial charge in [0.25, 0.3) is 0 Å². The number of benzene rings is 1. The fraction of sp³-hybridized carbons (Fsp3) is 0.700. The number of hydrogen-bond acceptors (Lipinski definition) is 1. The molecule has 1 radical (unpaired) electrons. The second-order valence-electron chi connectivity index (χ2n) is 6.97. The molecule has 1 aliphatic rings. The van der Waals surface area contributed by atoms with Crippen LogP contribution in [0.2, 0.25) is 18.1 Å². The zero-order valence-corrected chi connectivity index (χ0v) is 16.2. The number of halogens is 2. The maximum Gasteiger partial charge on any atom is 0.200 e. The van der Waals surface area contributed by atoms with Crippen LogP contribution in [0.1, 0.15) is 57.9 Å². The van der Waals surface area contributed by atoms with Crippen molar-refractivity contribution in [3.05, 3.63) is 29.3 Å². The topological polar surface area (TPSA) is 9.23 Å². The molecule has 0 N–H and O–H groups in total. The van der Waals surface area contributed by atoms with Gasteiger partial charge in [-0.1, -0.05) is 63.2 Å². The zero-order valence-electron chi connectivity index (χ0n) is 15.2. The summed E-state index contributed by atoms with van der Waals surface area (Å²) in [4.78, 5) is 0. The Labute approximate surface area is 147 Å². The number of aryl methyl sites for hydroxylation is 1. The van der Waals surface area contributed by atoms with E-state index in [1.165, 1.54) is 50.2 Å². The van der Waals surface area contributed by atoms with Gasteiger partial charge >= 0.3 is 0 Å². The molecule has 2 rings (SSSR count). The maximum absolute atomic E-state index is 14.1. The summed E-state index contributed by atoms with van der Waals surface area (Å²) in [6, 6.07) is 7.56. The van der Waals surface area contributed by atoms with Crippen molar-refractivity contribution in [2.45, 2.75) is 76.9 Å². The summed E-state index contributed by atoms with van der Waals surface area (Å²) in [7, 11) is -0.112. The first-order valence-corrected chi connectivity index (χ1v) is 11.7. The van der Waals surface area contributed by atoms with Crippen LogP contribution in [0.25, 0.3) is 0 Å². The van der Waals surface area contributed by atoms with Crippen molar-refractivity contribution in [2.24, 2.45) is 5.92 Å². The Hall–Kier alpha value is -0.903. The lowest BCUT2D eigenvalue weighted by Crippen LogP contribution is -2.21. The van der Waals surface area contributed by atoms with Crippen molar-refractivity contribution in [1.82, 2.24) is 0 Å². The van der Waals surface area contributed by atoms with E-state index >= 15 is 0 Å². The van der Waals surface area contributed by atoms with E-state index in [9.17, 15) is 8.78 Å². The normalized spacial score (nSPS) is 16.5. The van der Waals surface area contributed by atoms with Crippen LogP contribution >= 0.6 is 0 Å². The third-order valence-corrected chi connectivity index (χ3v) is 8.25. The first-order valence-electron chi connectivity index (χ1n) is 9.58.